The van der Waals surface area contributed by atoms with Crippen LogP contribution in [0.1, 0.15) is 58.6 Å². The molecule has 0 aromatic heterocycles. The highest BCUT2D eigenvalue weighted by atomic mass is 16.7. The Hall–Kier alpha value is -2.21. The lowest BCUT2D eigenvalue weighted by molar-refractivity contribution is -0.165. The first kappa shape index (κ1) is 22.0. The molecule has 1 N–H and O–H groups in total. The minimum Gasteiger partial charge on any atom is -0.454 e. The van der Waals surface area contributed by atoms with E-state index >= 15 is 0 Å². The van der Waals surface area contributed by atoms with E-state index in [1.807, 2.05) is 12.1 Å². The number of nitrogens with one attached hydrogen (secondary N) is 1. The van der Waals surface area contributed by atoms with Crippen LogP contribution in [-0.4, -0.2) is 32.6 Å². The number of alkyl carbamates (subject to hydrolysis) is 1. The molecule has 6 nitrogen and oxygen atoms in total. The van der Waals surface area contributed by atoms with Gasteiger partial charge in [-0.05, 0) is 42.9 Å². The predicted octanol–water partition coefficient (Wildman–Crippen LogP) is 5.24. The summed E-state index contributed by atoms with van der Waals surface area (Å²) in [4.78, 5) is 12.3. The van der Waals surface area contributed by atoms with E-state index in [0.29, 0.717) is 25.7 Å². The van der Waals surface area contributed by atoms with E-state index in [-0.39, 0.29) is 36.2 Å². The van der Waals surface area contributed by atoms with Gasteiger partial charge >= 0.3 is 6.09 Å². The van der Waals surface area contributed by atoms with Gasteiger partial charge in [-0.25, -0.2) is 4.79 Å². The highest BCUT2D eigenvalue weighted by molar-refractivity contribution is 5.67. The number of fused-ring (bicyclic) bond motifs is 3. The second-order valence-corrected chi connectivity index (χ2v) is 9.30. The Labute approximate surface area is 185 Å². The second-order valence-electron chi connectivity index (χ2n) is 9.30. The number of carbonyl (C=O) groups excluding carboxylic acids is 1. The lowest BCUT2D eigenvalue weighted by atomic mass is 9.56. The molecule has 1 aliphatic carbocycles. The Balaban J connectivity index is 1.48. The molecule has 1 saturated heterocycles. The summed E-state index contributed by atoms with van der Waals surface area (Å²) in [5.74, 6) is 2.36. The summed E-state index contributed by atoms with van der Waals surface area (Å²) in [6.45, 7) is 10.7. The summed E-state index contributed by atoms with van der Waals surface area (Å²) in [6, 6.07) is 6.08. The van der Waals surface area contributed by atoms with E-state index < -0.39 is 0 Å². The molecule has 170 valence electrons. The molecule has 31 heavy (non-hydrogen) atoms. The van der Waals surface area contributed by atoms with Crippen LogP contribution in [0.15, 0.2) is 29.8 Å². The van der Waals surface area contributed by atoms with Gasteiger partial charge in [-0.2, -0.15) is 0 Å². The van der Waals surface area contributed by atoms with Gasteiger partial charge in [-0.15, -0.1) is 0 Å². The molecule has 5 atom stereocenters. The fourth-order valence-electron chi connectivity index (χ4n) is 5.47. The molecule has 0 radical (unpaired) electrons. The maximum atomic E-state index is 12.3. The number of allylic oxidation sites excluding steroid dienone is 1. The van der Waals surface area contributed by atoms with Crippen molar-refractivity contribution in [1.82, 2.24) is 5.32 Å². The summed E-state index contributed by atoms with van der Waals surface area (Å²) in [5, 5.41) is 2.88. The van der Waals surface area contributed by atoms with Crippen LogP contribution in [0.4, 0.5) is 4.79 Å². The summed E-state index contributed by atoms with van der Waals surface area (Å²) in [7, 11) is 0. The lowest BCUT2D eigenvalue weighted by Crippen LogP contribution is -2.54. The summed E-state index contributed by atoms with van der Waals surface area (Å²) < 4.78 is 23.3. The Morgan fingerprint density at radius 1 is 1.23 bits per heavy atom. The Morgan fingerprint density at radius 3 is 2.84 bits per heavy atom. The van der Waals surface area contributed by atoms with Crippen LogP contribution in [0.2, 0.25) is 0 Å². The molecule has 1 fully saturated rings. The number of carbonyl (C=O) groups is 1. The van der Waals surface area contributed by atoms with Crippen LogP contribution < -0.4 is 14.8 Å². The average molecular weight is 430 g/mol. The molecule has 1 aromatic carbocycles. The van der Waals surface area contributed by atoms with Crippen molar-refractivity contribution in [3.8, 4) is 11.5 Å². The van der Waals surface area contributed by atoms with Crippen LogP contribution in [0.5, 0.6) is 11.5 Å². The number of hydrogen-bond acceptors (Lipinski definition) is 5. The van der Waals surface area contributed by atoms with Crippen LogP contribution in [-0.2, 0) is 9.47 Å². The van der Waals surface area contributed by atoms with Gasteiger partial charge in [0.15, 0.2) is 11.5 Å². The molecule has 2 aliphatic heterocycles. The standard InChI is InChI=1S/C25H35NO5/c1-5-6-7-10-26-24(27)29-14-25-13-28-23(22(18(25)4)16(2)11-17(25)3)19-8-9-20-21(12-19)31-15-30-20/h8-9,11-12,17-18,22-23H,5-7,10,13-15H2,1-4H3,(H,26,27)/t17-,18-,22+,23-,25+/m0/s1. The van der Waals surface area contributed by atoms with Gasteiger partial charge in [0.1, 0.15) is 6.61 Å². The first-order valence-electron chi connectivity index (χ1n) is 11.6. The minimum absolute atomic E-state index is 0.0516. The third-order valence-electron chi connectivity index (χ3n) is 7.50. The van der Waals surface area contributed by atoms with Gasteiger partial charge in [0.05, 0.1) is 12.7 Å². The monoisotopic (exact) mass is 429 g/mol. The Morgan fingerprint density at radius 2 is 2.03 bits per heavy atom. The van der Waals surface area contributed by atoms with Crippen molar-refractivity contribution >= 4 is 6.09 Å². The molecule has 1 aromatic rings. The average Bonchev–Trinajstić information content (AvgIpc) is 3.22. The van der Waals surface area contributed by atoms with E-state index in [1.54, 1.807) is 0 Å². The van der Waals surface area contributed by atoms with Crippen molar-refractivity contribution in [2.75, 3.05) is 26.6 Å². The number of amides is 1. The normalized spacial score (nSPS) is 31.2. The quantitative estimate of drug-likeness (QED) is 0.474. The van der Waals surface area contributed by atoms with Crippen molar-refractivity contribution in [3.63, 3.8) is 0 Å². The number of rotatable bonds is 7. The molecule has 0 spiro atoms. The first-order chi connectivity index (χ1) is 15.0. The topological polar surface area (TPSA) is 66.0 Å². The lowest BCUT2D eigenvalue weighted by Gasteiger charge is -2.55. The van der Waals surface area contributed by atoms with Crippen molar-refractivity contribution in [2.45, 2.75) is 53.1 Å². The van der Waals surface area contributed by atoms with E-state index in [1.165, 1.54) is 5.57 Å². The van der Waals surface area contributed by atoms with Crippen molar-refractivity contribution in [2.24, 2.45) is 23.2 Å². The molecule has 1 amide bonds. The third-order valence-corrected chi connectivity index (χ3v) is 7.50. The van der Waals surface area contributed by atoms with Crippen LogP contribution in [0.25, 0.3) is 0 Å². The summed E-state index contributed by atoms with van der Waals surface area (Å²) in [6.07, 6.45) is 5.18. The zero-order chi connectivity index (χ0) is 22.0. The Bertz CT molecular complexity index is 837. The molecule has 2 bridgehead atoms. The fraction of sp³-hybridized carbons (Fsp3) is 0.640. The number of unbranched alkanes of at least 4 members (excludes halogenated alkanes) is 2. The number of hydrogen-bond donors (Lipinski definition) is 1. The smallest absolute Gasteiger partial charge is 0.407 e. The summed E-state index contributed by atoms with van der Waals surface area (Å²) >= 11 is 0. The van der Waals surface area contributed by atoms with Crippen molar-refractivity contribution in [3.05, 3.63) is 35.4 Å². The molecule has 0 unspecified atom stereocenters. The molecule has 0 saturated carbocycles. The maximum Gasteiger partial charge on any atom is 0.407 e. The fourth-order valence-corrected chi connectivity index (χ4v) is 5.47. The van der Waals surface area contributed by atoms with E-state index in [9.17, 15) is 4.79 Å². The van der Waals surface area contributed by atoms with Crippen LogP contribution in [0.3, 0.4) is 0 Å². The van der Waals surface area contributed by atoms with Crippen LogP contribution >= 0.6 is 0 Å². The van der Waals surface area contributed by atoms with Gasteiger partial charge < -0.3 is 24.3 Å². The molecule has 2 heterocycles. The van der Waals surface area contributed by atoms with Crippen LogP contribution in [0, 0.1) is 23.2 Å². The molecular formula is C25H35NO5. The van der Waals surface area contributed by atoms with Gasteiger partial charge in [0.25, 0.3) is 0 Å². The van der Waals surface area contributed by atoms with Gasteiger partial charge in [0.2, 0.25) is 6.79 Å². The maximum absolute atomic E-state index is 12.3. The second kappa shape index (κ2) is 9.11. The number of benzene rings is 1. The zero-order valence-electron chi connectivity index (χ0n) is 19.1. The van der Waals surface area contributed by atoms with Gasteiger partial charge in [-0.3, -0.25) is 0 Å². The third kappa shape index (κ3) is 4.14. The molecule has 6 heteroatoms. The summed E-state index contributed by atoms with van der Waals surface area (Å²) in [5.41, 5.74) is 2.21. The van der Waals surface area contributed by atoms with E-state index in [0.717, 1.165) is 36.3 Å². The number of ether oxygens (including phenoxy) is 4. The first-order valence-corrected chi connectivity index (χ1v) is 11.6. The SMILES string of the molecule is CCCCCNC(=O)OC[C@]12CO[C@@H](c3ccc4c(c3)OCO4)[C@H](C(C)=C[C@@H]1C)[C@@H]2C. The highest BCUT2D eigenvalue weighted by Crippen LogP contribution is 2.56. The van der Waals surface area contributed by atoms with Crippen molar-refractivity contribution in [1.29, 1.82) is 0 Å². The molecule has 3 aliphatic rings. The van der Waals surface area contributed by atoms with Crippen molar-refractivity contribution < 1.29 is 23.7 Å². The molecular weight excluding hydrogens is 394 g/mol. The van der Waals surface area contributed by atoms with E-state index in [4.69, 9.17) is 18.9 Å². The van der Waals surface area contributed by atoms with Gasteiger partial charge in [-0.1, -0.05) is 51.3 Å². The zero-order valence-corrected chi connectivity index (χ0v) is 19.1. The Kier molecular flexibility index (Phi) is 6.47. The predicted molar refractivity (Wildman–Crippen MR) is 118 cm³/mol. The molecule has 4 rings (SSSR count). The van der Waals surface area contributed by atoms with Gasteiger partial charge in [0, 0.05) is 17.9 Å². The largest absolute Gasteiger partial charge is 0.454 e. The van der Waals surface area contributed by atoms with E-state index in [2.05, 4.69) is 45.2 Å². The minimum atomic E-state index is -0.328. The highest BCUT2D eigenvalue weighted by Gasteiger charge is 2.54.